The summed E-state index contributed by atoms with van der Waals surface area (Å²) in [7, 11) is 0. The molecule has 1 atom stereocenters. The Balaban J connectivity index is 1.85. The standard InChI is InChI=1S/C26H29FN4O5/c1-2-3-4-23-28-15-22(31(23)16-18-5-9-19(10-6-18)26(34)35)25(33)29-21(14-24(32)30-36)13-17-7-11-20(27)12-8-17/h5-12,15,21,36H,2-4,13-14,16H2,1H3,(H,29,33)(H,30,32)(H,34,35)/t21-/m1/s1. The van der Waals surface area contributed by atoms with E-state index in [1.54, 1.807) is 34.3 Å². The molecule has 0 fully saturated rings. The lowest BCUT2D eigenvalue weighted by Crippen LogP contribution is -2.41. The summed E-state index contributed by atoms with van der Waals surface area (Å²) in [6.07, 6.45) is 4.01. The average molecular weight is 497 g/mol. The maximum atomic E-state index is 13.3. The molecule has 1 aromatic heterocycles. The van der Waals surface area contributed by atoms with Crippen LogP contribution in [0.5, 0.6) is 0 Å². The van der Waals surface area contributed by atoms with E-state index in [1.165, 1.54) is 30.5 Å². The van der Waals surface area contributed by atoms with Crippen molar-refractivity contribution in [3.05, 3.63) is 88.8 Å². The van der Waals surface area contributed by atoms with Crippen LogP contribution in [-0.4, -0.2) is 43.7 Å². The zero-order valence-corrected chi connectivity index (χ0v) is 19.9. The van der Waals surface area contributed by atoms with Gasteiger partial charge in [0.1, 0.15) is 17.3 Å². The molecule has 2 amide bonds. The lowest BCUT2D eigenvalue weighted by molar-refractivity contribution is -0.129. The lowest BCUT2D eigenvalue weighted by Gasteiger charge is -2.19. The quantitative estimate of drug-likeness (QED) is 0.225. The molecule has 10 heteroatoms. The zero-order valence-electron chi connectivity index (χ0n) is 19.9. The third-order valence-corrected chi connectivity index (χ3v) is 5.75. The first-order valence-corrected chi connectivity index (χ1v) is 11.7. The molecule has 0 aliphatic rings. The number of hydrogen-bond donors (Lipinski definition) is 4. The number of amides is 2. The Labute approximate surface area is 207 Å². The highest BCUT2D eigenvalue weighted by atomic mass is 19.1. The summed E-state index contributed by atoms with van der Waals surface area (Å²) in [5, 5.41) is 21.0. The number of carbonyl (C=O) groups excluding carboxylic acids is 2. The minimum Gasteiger partial charge on any atom is -0.478 e. The first kappa shape index (κ1) is 26.6. The van der Waals surface area contributed by atoms with Gasteiger partial charge in [0.25, 0.3) is 5.91 Å². The predicted molar refractivity (Wildman–Crippen MR) is 129 cm³/mol. The molecule has 190 valence electrons. The van der Waals surface area contributed by atoms with Crippen LogP contribution in [0.1, 0.15) is 64.0 Å². The fourth-order valence-corrected chi connectivity index (χ4v) is 3.85. The van der Waals surface area contributed by atoms with Crippen molar-refractivity contribution in [3.8, 4) is 0 Å². The monoisotopic (exact) mass is 496 g/mol. The van der Waals surface area contributed by atoms with E-state index in [0.29, 0.717) is 24.4 Å². The van der Waals surface area contributed by atoms with Crippen LogP contribution in [0.2, 0.25) is 0 Å². The molecule has 2 aromatic carbocycles. The number of aromatic nitrogens is 2. The van der Waals surface area contributed by atoms with Crippen molar-refractivity contribution in [2.24, 2.45) is 0 Å². The van der Waals surface area contributed by atoms with Crippen molar-refractivity contribution in [2.75, 3.05) is 0 Å². The third kappa shape index (κ3) is 7.22. The van der Waals surface area contributed by atoms with Crippen LogP contribution in [0.4, 0.5) is 4.39 Å². The van der Waals surface area contributed by atoms with Gasteiger partial charge in [0.15, 0.2) is 0 Å². The molecular formula is C26H29FN4O5. The molecule has 0 unspecified atom stereocenters. The molecule has 0 saturated heterocycles. The van der Waals surface area contributed by atoms with Crippen LogP contribution in [0, 0.1) is 5.82 Å². The number of nitrogens with one attached hydrogen (secondary N) is 2. The minimum atomic E-state index is -1.02. The average Bonchev–Trinajstić information content (AvgIpc) is 3.26. The Morgan fingerprint density at radius 1 is 1.06 bits per heavy atom. The molecular weight excluding hydrogens is 467 g/mol. The number of benzene rings is 2. The Bertz CT molecular complexity index is 1190. The van der Waals surface area contributed by atoms with Crippen molar-refractivity contribution in [3.63, 3.8) is 0 Å². The number of carbonyl (C=O) groups is 3. The number of nitrogens with zero attached hydrogens (tertiary/aromatic N) is 2. The van der Waals surface area contributed by atoms with Crippen LogP contribution < -0.4 is 10.8 Å². The minimum absolute atomic E-state index is 0.166. The van der Waals surface area contributed by atoms with Gasteiger partial charge < -0.3 is 15.0 Å². The number of imidazole rings is 1. The van der Waals surface area contributed by atoms with E-state index >= 15 is 0 Å². The van der Waals surface area contributed by atoms with Gasteiger partial charge in [-0.1, -0.05) is 37.6 Å². The Morgan fingerprint density at radius 3 is 2.33 bits per heavy atom. The largest absolute Gasteiger partial charge is 0.478 e. The predicted octanol–water partition coefficient (Wildman–Crippen LogP) is 3.35. The van der Waals surface area contributed by atoms with E-state index < -0.39 is 29.6 Å². The first-order valence-electron chi connectivity index (χ1n) is 11.7. The smallest absolute Gasteiger partial charge is 0.335 e. The van der Waals surface area contributed by atoms with Gasteiger partial charge in [0.2, 0.25) is 5.91 Å². The topological polar surface area (TPSA) is 134 Å². The first-order chi connectivity index (χ1) is 17.3. The summed E-state index contributed by atoms with van der Waals surface area (Å²) in [4.78, 5) is 40.8. The van der Waals surface area contributed by atoms with Gasteiger partial charge in [-0.3, -0.25) is 14.8 Å². The van der Waals surface area contributed by atoms with Crippen molar-refractivity contribution in [2.45, 2.75) is 51.6 Å². The van der Waals surface area contributed by atoms with E-state index in [4.69, 9.17) is 10.3 Å². The van der Waals surface area contributed by atoms with E-state index in [2.05, 4.69) is 17.2 Å². The number of unbranched alkanes of at least 4 members (excludes halogenated alkanes) is 1. The summed E-state index contributed by atoms with van der Waals surface area (Å²) in [6.45, 7) is 2.36. The van der Waals surface area contributed by atoms with Gasteiger partial charge in [-0.15, -0.1) is 0 Å². The highest BCUT2D eigenvalue weighted by Crippen LogP contribution is 2.15. The number of hydrogen-bond acceptors (Lipinski definition) is 5. The lowest BCUT2D eigenvalue weighted by atomic mass is 10.0. The summed E-state index contributed by atoms with van der Waals surface area (Å²) in [5.74, 6) is -1.82. The number of rotatable bonds is 12. The molecule has 0 aliphatic heterocycles. The van der Waals surface area contributed by atoms with Crippen molar-refractivity contribution >= 4 is 17.8 Å². The molecule has 0 aliphatic carbocycles. The molecule has 0 bridgehead atoms. The molecule has 0 radical (unpaired) electrons. The second kappa shape index (κ2) is 12.6. The van der Waals surface area contributed by atoms with E-state index in [0.717, 1.165) is 18.4 Å². The summed E-state index contributed by atoms with van der Waals surface area (Å²) in [6, 6.07) is 11.5. The summed E-state index contributed by atoms with van der Waals surface area (Å²) in [5.41, 5.74) is 3.54. The third-order valence-electron chi connectivity index (χ3n) is 5.75. The maximum Gasteiger partial charge on any atom is 0.335 e. The van der Waals surface area contributed by atoms with Gasteiger partial charge in [-0.05, 0) is 48.2 Å². The molecule has 36 heavy (non-hydrogen) atoms. The number of aromatic carboxylic acids is 1. The van der Waals surface area contributed by atoms with Gasteiger partial charge in [0, 0.05) is 25.4 Å². The van der Waals surface area contributed by atoms with Gasteiger partial charge >= 0.3 is 5.97 Å². The van der Waals surface area contributed by atoms with Crippen molar-refractivity contribution < 1.29 is 29.1 Å². The number of hydroxylamine groups is 1. The maximum absolute atomic E-state index is 13.3. The van der Waals surface area contributed by atoms with Crippen LogP contribution in [-0.2, 0) is 24.2 Å². The van der Waals surface area contributed by atoms with E-state index in [1.807, 2.05) is 0 Å². The summed E-state index contributed by atoms with van der Waals surface area (Å²) < 4.78 is 15.1. The SMILES string of the molecule is CCCCc1ncc(C(=O)N[C@@H](CC(=O)NO)Cc2ccc(F)cc2)n1Cc1ccc(C(=O)O)cc1. The van der Waals surface area contributed by atoms with Gasteiger partial charge in [0.05, 0.1) is 11.8 Å². The Hall–Kier alpha value is -4.05. The fraction of sp³-hybridized carbons (Fsp3) is 0.308. The molecule has 0 spiro atoms. The molecule has 4 N–H and O–H groups in total. The number of carboxylic acids is 1. The highest BCUT2D eigenvalue weighted by molar-refractivity contribution is 5.93. The molecule has 3 aromatic rings. The highest BCUT2D eigenvalue weighted by Gasteiger charge is 2.22. The van der Waals surface area contributed by atoms with Crippen LogP contribution in [0.25, 0.3) is 0 Å². The number of aryl methyl sites for hydroxylation is 1. The van der Waals surface area contributed by atoms with Gasteiger partial charge in [-0.2, -0.15) is 0 Å². The summed E-state index contributed by atoms with van der Waals surface area (Å²) >= 11 is 0. The number of halogens is 1. The molecule has 9 nitrogen and oxygen atoms in total. The van der Waals surface area contributed by atoms with Crippen LogP contribution in [0.3, 0.4) is 0 Å². The van der Waals surface area contributed by atoms with Crippen molar-refractivity contribution in [1.82, 2.24) is 20.3 Å². The molecule has 3 rings (SSSR count). The van der Waals surface area contributed by atoms with Crippen molar-refractivity contribution in [1.29, 1.82) is 0 Å². The Morgan fingerprint density at radius 2 is 1.72 bits per heavy atom. The fourth-order valence-electron chi connectivity index (χ4n) is 3.85. The normalized spacial score (nSPS) is 11.6. The second-order valence-electron chi connectivity index (χ2n) is 8.49. The second-order valence-corrected chi connectivity index (χ2v) is 8.49. The van der Waals surface area contributed by atoms with Crippen LogP contribution >= 0.6 is 0 Å². The molecule has 0 saturated carbocycles. The van der Waals surface area contributed by atoms with E-state index in [-0.39, 0.29) is 24.1 Å². The molecule has 1 heterocycles. The van der Waals surface area contributed by atoms with Crippen LogP contribution in [0.15, 0.2) is 54.7 Å². The zero-order chi connectivity index (χ0) is 26.1. The van der Waals surface area contributed by atoms with Gasteiger partial charge in [-0.25, -0.2) is 19.6 Å². The van der Waals surface area contributed by atoms with E-state index in [9.17, 15) is 18.8 Å². The number of carboxylic acid groups (broad SMARTS) is 1. The Kier molecular flexibility index (Phi) is 9.29.